The van der Waals surface area contributed by atoms with E-state index in [1.165, 1.54) is 11.0 Å². The molecule has 3 aromatic carbocycles. The van der Waals surface area contributed by atoms with Gasteiger partial charge < -0.3 is 9.64 Å². The van der Waals surface area contributed by atoms with Crippen LogP contribution in [0.4, 0.5) is 11.4 Å². The number of hydrogen-bond donors (Lipinski definition) is 1. The van der Waals surface area contributed by atoms with E-state index in [4.69, 9.17) is 4.74 Å². The molecule has 0 aliphatic carbocycles. The molecule has 0 bridgehead atoms. The molecule has 0 spiro atoms. The summed E-state index contributed by atoms with van der Waals surface area (Å²) in [4.78, 5) is 18.2. The first-order valence-electron chi connectivity index (χ1n) is 9.81. The molecule has 0 radical (unpaired) electrons. The van der Waals surface area contributed by atoms with Gasteiger partial charge in [0.2, 0.25) is 5.91 Å². The van der Waals surface area contributed by atoms with E-state index in [1.54, 1.807) is 49.8 Å². The molecule has 32 heavy (non-hydrogen) atoms. The summed E-state index contributed by atoms with van der Waals surface area (Å²) >= 11 is 1.55. The molecule has 0 saturated carbocycles. The van der Waals surface area contributed by atoms with Crippen molar-refractivity contribution in [3.05, 3.63) is 66.2 Å². The largest absolute Gasteiger partial charge is 0.497 e. The number of amides is 1. The predicted molar refractivity (Wildman–Crippen MR) is 126 cm³/mol. The van der Waals surface area contributed by atoms with Crippen LogP contribution < -0.4 is 14.4 Å². The first kappa shape index (κ1) is 20.5. The third-order valence-corrected chi connectivity index (χ3v) is 7.86. The molecular formula is C23H19N3O4S2. The second kappa shape index (κ2) is 7.61. The highest BCUT2D eigenvalue weighted by Crippen LogP contribution is 2.33. The summed E-state index contributed by atoms with van der Waals surface area (Å²) in [7, 11) is -0.469. The lowest BCUT2D eigenvalue weighted by atomic mass is 10.2. The molecule has 7 nitrogen and oxygen atoms in total. The van der Waals surface area contributed by atoms with Gasteiger partial charge in [0, 0.05) is 24.0 Å². The molecule has 9 heteroatoms. The minimum atomic E-state index is -3.78. The zero-order valence-corrected chi connectivity index (χ0v) is 19.0. The van der Waals surface area contributed by atoms with Crippen molar-refractivity contribution >= 4 is 48.9 Å². The number of anilines is 2. The summed E-state index contributed by atoms with van der Waals surface area (Å²) < 4.78 is 34.6. The van der Waals surface area contributed by atoms with Gasteiger partial charge in [-0.2, -0.15) is 0 Å². The van der Waals surface area contributed by atoms with E-state index in [1.807, 2.05) is 30.3 Å². The van der Waals surface area contributed by atoms with E-state index >= 15 is 0 Å². The summed E-state index contributed by atoms with van der Waals surface area (Å²) in [6, 6.07) is 17.6. The van der Waals surface area contributed by atoms with Crippen LogP contribution in [-0.2, 0) is 21.2 Å². The molecule has 1 aromatic heterocycles. The monoisotopic (exact) mass is 465 g/mol. The quantitative estimate of drug-likeness (QED) is 0.475. The first-order valence-corrected chi connectivity index (χ1v) is 12.1. The molecule has 2 heterocycles. The molecule has 0 atom stereocenters. The number of hydrogen-bond acceptors (Lipinski definition) is 6. The molecule has 5 rings (SSSR count). The van der Waals surface area contributed by atoms with Gasteiger partial charge in [0.1, 0.15) is 10.8 Å². The Bertz CT molecular complexity index is 1460. The van der Waals surface area contributed by atoms with Gasteiger partial charge in [0.25, 0.3) is 10.0 Å². The van der Waals surface area contributed by atoms with E-state index in [2.05, 4.69) is 9.71 Å². The number of ether oxygens (including phenoxy) is 1. The average molecular weight is 466 g/mol. The predicted octanol–water partition coefficient (Wildman–Crippen LogP) is 4.29. The summed E-state index contributed by atoms with van der Waals surface area (Å²) in [6.07, 6.45) is 0.206. The van der Waals surface area contributed by atoms with Crippen molar-refractivity contribution in [3.8, 4) is 16.3 Å². The first-order chi connectivity index (χ1) is 15.3. The van der Waals surface area contributed by atoms with Crippen LogP contribution in [0.2, 0.25) is 0 Å². The fourth-order valence-electron chi connectivity index (χ4n) is 3.66. The molecular weight excluding hydrogens is 446 g/mol. The van der Waals surface area contributed by atoms with E-state index in [0.29, 0.717) is 11.3 Å². The molecule has 0 fully saturated rings. The Kier molecular flexibility index (Phi) is 4.87. The maximum absolute atomic E-state index is 12.9. The van der Waals surface area contributed by atoms with Crippen LogP contribution in [-0.4, -0.2) is 33.5 Å². The number of sulfonamides is 1. The van der Waals surface area contributed by atoms with Crippen molar-refractivity contribution in [2.75, 3.05) is 23.8 Å². The van der Waals surface area contributed by atoms with E-state index in [9.17, 15) is 13.2 Å². The highest BCUT2D eigenvalue weighted by Gasteiger charge is 2.26. The highest BCUT2D eigenvalue weighted by molar-refractivity contribution is 7.92. The van der Waals surface area contributed by atoms with Crippen molar-refractivity contribution < 1.29 is 17.9 Å². The summed E-state index contributed by atoms with van der Waals surface area (Å²) in [5.74, 6) is 0.728. The Labute approximate surface area is 189 Å². The number of benzene rings is 3. The van der Waals surface area contributed by atoms with Gasteiger partial charge in [0.05, 0.1) is 28.6 Å². The molecule has 1 N–H and O–H groups in total. The van der Waals surface area contributed by atoms with Crippen LogP contribution in [0.15, 0.2) is 65.6 Å². The standard InChI is InChI=1S/C23H19N3O4S2/c1-26-20-10-8-18(11-15(20)12-22(26)27)32(28,29)25-16-5-3-14(4-6-16)23-24-19-9-7-17(30-2)13-21(19)31-23/h3-11,13,25H,12H2,1-2H3. The lowest BCUT2D eigenvalue weighted by Crippen LogP contribution is -2.20. The van der Waals surface area contributed by atoms with Gasteiger partial charge >= 0.3 is 0 Å². The lowest BCUT2D eigenvalue weighted by molar-refractivity contribution is -0.117. The number of fused-ring (bicyclic) bond motifs is 2. The molecule has 0 unspecified atom stereocenters. The van der Waals surface area contributed by atoms with Crippen molar-refractivity contribution in [2.45, 2.75) is 11.3 Å². The van der Waals surface area contributed by atoms with Crippen LogP contribution >= 0.6 is 11.3 Å². The van der Waals surface area contributed by atoms with Crippen LogP contribution in [0.3, 0.4) is 0 Å². The fraction of sp³-hybridized carbons (Fsp3) is 0.130. The molecule has 162 valence electrons. The van der Waals surface area contributed by atoms with Crippen LogP contribution in [0, 0.1) is 0 Å². The number of nitrogens with one attached hydrogen (secondary N) is 1. The minimum Gasteiger partial charge on any atom is -0.497 e. The Morgan fingerprint density at radius 3 is 2.59 bits per heavy atom. The van der Waals surface area contributed by atoms with Crippen LogP contribution in [0.1, 0.15) is 5.56 Å². The second-order valence-electron chi connectivity index (χ2n) is 7.46. The van der Waals surface area contributed by atoms with Gasteiger partial charge in [0.15, 0.2) is 0 Å². The molecule has 1 amide bonds. The van der Waals surface area contributed by atoms with Gasteiger partial charge in [-0.1, -0.05) is 0 Å². The van der Waals surface area contributed by atoms with E-state index in [0.717, 1.165) is 32.2 Å². The fourth-order valence-corrected chi connectivity index (χ4v) is 5.77. The number of carbonyl (C=O) groups is 1. The Morgan fingerprint density at radius 2 is 1.84 bits per heavy atom. The van der Waals surface area contributed by atoms with Crippen molar-refractivity contribution in [3.63, 3.8) is 0 Å². The third kappa shape index (κ3) is 3.59. The Morgan fingerprint density at radius 1 is 1.06 bits per heavy atom. The van der Waals surface area contributed by atoms with Crippen LogP contribution in [0.5, 0.6) is 5.75 Å². The lowest BCUT2D eigenvalue weighted by Gasteiger charge is -2.12. The van der Waals surface area contributed by atoms with E-state index in [-0.39, 0.29) is 17.2 Å². The molecule has 1 aliphatic heterocycles. The second-order valence-corrected chi connectivity index (χ2v) is 10.2. The number of rotatable bonds is 5. The van der Waals surface area contributed by atoms with Crippen LogP contribution in [0.25, 0.3) is 20.8 Å². The zero-order valence-electron chi connectivity index (χ0n) is 17.3. The topological polar surface area (TPSA) is 88.6 Å². The Hall–Kier alpha value is -3.43. The molecule has 0 saturated heterocycles. The number of carbonyl (C=O) groups excluding carboxylic acids is 1. The highest BCUT2D eigenvalue weighted by atomic mass is 32.2. The maximum atomic E-state index is 12.9. The third-order valence-electron chi connectivity index (χ3n) is 5.42. The summed E-state index contributed by atoms with van der Waals surface area (Å²) in [6.45, 7) is 0. The minimum absolute atomic E-state index is 0.0496. The van der Waals surface area contributed by atoms with Gasteiger partial charge in [-0.15, -0.1) is 11.3 Å². The van der Waals surface area contributed by atoms with Gasteiger partial charge in [-0.3, -0.25) is 9.52 Å². The number of nitrogens with zero attached hydrogens (tertiary/aromatic N) is 2. The number of methoxy groups -OCH3 is 1. The number of likely N-dealkylation sites (N-methyl/N-ethyl adjacent to an activating group) is 1. The maximum Gasteiger partial charge on any atom is 0.261 e. The normalized spacial score (nSPS) is 13.4. The van der Waals surface area contributed by atoms with Gasteiger partial charge in [-0.05, 0) is 66.2 Å². The molecule has 1 aliphatic rings. The van der Waals surface area contributed by atoms with E-state index < -0.39 is 10.0 Å². The SMILES string of the molecule is COc1ccc2nc(-c3ccc(NS(=O)(=O)c4ccc5c(c4)CC(=O)N5C)cc3)sc2c1. The van der Waals surface area contributed by atoms with Crippen molar-refractivity contribution in [1.29, 1.82) is 0 Å². The average Bonchev–Trinajstić information content (AvgIpc) is 3.33. The van der Waals surface area contributed by atoms with Crippen molar-refractivity contribution in [1.82, 2.24) is 4.98 Å². The van der Waals surface area contributed by atoms with Gasteiger partial charge in [-0.25, -0.2) is 13.4 Å². The molecule has 4 aromatic rings. The van der Waals surface area contributed by atoms with Crippen molar-refractivity contribution in [2.24, 2.45) is 0 Å². The summed E-state index contributed by atoms with van der Waals surface area (Å²) in [5, 5.41) is 0.843. The number of aromatic nitrogens is 1. The Balaban J connectivity index is 1.38. The zero-order chi connectivity index (χ0) is 22.5. The smallest absolute Gasteiger partial charge is 0.261 e. The summed E-state index contributed by atoms with van der Waals surface area (Å²) in [5.41, 5.74) is 3.68. The number of thiazole rings is 1.